The van der Waals surface area contributed by atoms with Gasteiger partial charge in [0.25, 0.3) is 0 Å². The van der Waals surface area contributed by atoms with E-state index in [1.165, 1.54) is 0 Å². The number of halogens is 1. The first-order chi connectivity index (χ1) is 10.6. The summed E-state index contributed by atoms with van der Waals surface area (Å²) in [5.41, 5.74) is 0.852. The number of hydrogen-bond acceptors (Lipinski definition) is 5. The molecule has 0 aliphatic carbocycles. The molecule has 1 aromatic rings. The summed E-state index contributed by atoms with van der Waals surface area (Å²) in [4.78, 5) is 14.3. The van der Waals surface area contributed by atoms with E-state index in [2.05, 4.69) is 12.2 Å². The van der Waals surface area contributed by atoms with Gasteiger partial charge < -0.3 is 24.4 Å². The molecule has 7 heteroatoms. The molecule has 0 bridgehead atoms. The molecule has 0 spiro atoms. The van der Waals surface area contributed by atoms with Gasteiger partial charge in [-0.05, 0) is 24.6 Å². The Hall–Kier alpha value is -1.66. The van der Waals surface area contributed by atoms with Crippen molar-refractivity contribution in [1.82, 2.24) is 10.2 Å². The van der Waals surface area contributed by atoms with E-state index in [-0.39, 0.29) is 18.3 Å². The van der Waals surface area contributed by atoms with Gasteiger partial charge in [-0.1, -0.05) is 0 Å². The van der Waals surface area contributed by atoms with Crippen LogP contribution >= 0.6 is 12.4 Å². The molecule has 6 nitrogen and oxygen atoms in total. The summed E-state index contributed by atoms with van der Waals surface area (Å²) in [6.45, 7) is 4.40. The van der Waals surface area contributed by atoms with E-state index < -0.39 is 0 Å². The van der Waals surface area contributed by atoms with E-state index in [0.717, 1.165) is 25.2 Å². The lowest BCUT2D eigenvalue weighted by molar-refractivity contribution is -0.131. The number of carbonyl (C=O) groups excluding carboxylic acids is 1. The van der Waals surface area contributed by atoms with E-state index in [1.807, 2.05) is 17.0 Å². The first-order valence-corrected chi connectivity index (χ1v) is 7.39. The topological polar surface area (TPSA) is 60.0 Å². The van der Waals surface area contributed by atoms with Gasteiger partial charge in [0.2, 0.25) is 11.7 Å². The molecule has 1 heterocycles. The predicted molar refractivity (Wildman–Crippen MR) is 91.1 cm³/mol. The summed E-state index contributed by atoms with van der Waals surface area (Å²) in [5, 5.41) is 3.33. The zero-order valence-corrected chi connectivity index (χ0v) is 14.9. The smallest absolute Gasteiger partial charge is 0.227 e. The summed E-state index contributed by atoms with van der Waals surface area (Å²) in [6, 6.07) is 3.98. The molecule has 0 aromatic heterocycles. The van der Waals surface area contributed by atoms with Gasteiger partial charge in [0.1, 0.15) is 0 Å². The standard InChI is InChI=1S/C16H24N2O4.ClH/c1-11-10-18(6-5-17-11)15(19)9-12-7-13(20-2)16(22-4)14(8-12)21-3;/h7-8,11,17H,5-6,9-10H2,1-4H3;1H. The average molecular weight is 345 g/mol. The molecule has 0 radical (unpaired) electrons. The predicted octanol–water partition coefficient (Wildman–Crippen LogP) is 1.50. The fourth-order valence-corrected chi connectivity index (χ4v) is 2.68. The number of nitrogens with one attached hydrogen (secondary N) is 1. The van der Waals surface area contributed by atoms with Crippen molar-refractivity contribution < 1.29 is 19.0 Å². The minimum absolute atomic E-state index is 0. The molecule has 1 aromatic carbocycles. The Kier molecular flexibility index (Phi) is 7.45. The maximum atomic E-state index is 12.5. The van der Waals surface area contributed by atoms with Gasteiger partial charge in [0.05, 0.1) is 27.8 Å². The number of hydrogen-bond donors (Lipinski definition) is 1. The van der Waals surface area contributed by atoms with Crippen molar-refractivity contribution in [1.29, 1.82) is 0 Å². The summed E-state index contributed by atoms with van der Waals surface area (Å²) in [6.07, 6.45) is 0.323. The fourth-order valence-electron chi connectivity index (χ4n) is 2.68. The first kappa shape index (κ1) is 19.4. The van der Waals surface area contributed by atoms with Crippen LogP contribution in [0.25, 0.3) is 0 Å². The zero-order chi connectivity index (χ0) is 16.1. The Bertz CT molecular complexity index is 514. The highest BCUT2D eigenvalue weighted by Crippen LogP contribution is 2.38. The molecule has 1 aliphatic heterocycles. The number of amides is 1. The average Bonchev–Trinajstić information content (AvgIpc) is 2.53. The lowest BCUT2D eigenvalue weighted by Crippen LogP contribution is -2.51. The third kappa shape index (κ3) is 4.65. The monoisotopic (exact) mass is 344 g/mol. The maximum Gasteiger partial charge on any atom is 0.227 e. The van der Waals surface area contributed by atoms with Gasteiger partial charge in [0.15, 0.2) is 11.5 Å². The highest BCUT2D eigenvalue weighted by Gasteiger charge is 2.22. The molecular formula is C16H25ClN2O4. The van der Waals surface area contributed by atoms with Crippen LogP contribution in [0, 0.1) is 0 Å². The second kappa shape index (κ2) is 8.84. The number of rotatable bonds is 5. The second-order valence-electron chi connectivity index (χ2n) is 5.41. The quantitative estimate of drug-likeness (QED) is 0.877. The van der Waals surface area contributed by atoms with Crippen LogP contribution in [0.3, 0.4) is 0 Å². The molecule has 2 rings (SSSR count). The molecule has 1 atom stereocenters. The first-order valence-electron chi connectivity index (χ1n) is 7.39. The van der Waals surface area contributed by atoms with E-state index >= 15 is 0 Å². The van der Waals surface area contributed by atoms with E-state index in [0.29, 0.717) is 29.7 Å². The van der Waals surface area contributed by atoms with E-state index in [4.69, 9.17) is 14.2 Å². The highest BCUT2D eigenvalue weighted by atomic mass is 35.5. The highest BCUT2D eigenvalue weighted by molar-refractivity contribution is 5.85. The molecule has 1 fully saturated rings. The maximum absolute atomic E-state index is 12.5. The lowest BCUT2D eigenvalue weighted by Gasteiger charge is -2.32. The molecule has 23 heavy (non-hydrogen) atoms. The number of ether oxygens (including phenoxy) is 3. The fraction of sp³-hybridized carbons (Fsp3) is 0.562. The van der Waals surface area contributed by atoms with Crippen LogP contribution in [0.15, 0.2) is 12.1 Å². The van der Waals surface area contributed by atoms with Crippen molar-refractivity contribution in [2.75, 3.05) is 41.0 Å². The van der Waals surface area contributed by atoms with Crippen LogP contribution in [0.2, 0.25) is 0 Å². The molecule has 1 saturated heterocycles. The van der Waals surface area contributed by atoms with Crippen molar-refractivity contribution in [2.45, 2.75) is 19.4 Å². The Labute approximate surface area is 143 Å². The van der Waals surface area contributed by atoms with Crippen molar-refractivity contribution in [2.24, 2.45) is 0 Å². The largest absolute Gasteiger partial charge is 0.493 e. The van der Waals surface area contributed by atoms with Crippen molar-refractivity contribution in [3.63, 3.8) is 0 Å². The van der Waals surface area contributed by atoms with Crippen LogP contribution in [-0.4, -0.2) is 57.8 Å². The Morgan fingerprint density at radius 1 is 1.22 bits per heavy atom. The Balaban J connectivity index is 0.00000264. The van der Waals surface area contributed by atoms with Crippen molar-refractivity contribution in [3.05, 3.63) is 17.7 Å². The van der Waals surface area contributed by atoms with Gasteiger partial charge in [-0.25, -0.2) is 0 Å². The molecule has 1 aliphatic rings. The second-order valence-corrected chi connectivity index (χ2v) is 5.41. The Morgan fingerprint density at radius 3 is 2.30 bits per heavy atom. The molecule has 0 saturated carbocycles. The van der Waals surface area contributed by atoms with E-state index in [9.17, 15) is 4.79 Å². The molecular weight excluding hydrogens is 320 g/mol. The SMILES string of the molecule is COc1cc(CC(=O)N2CCNC(C)C2)cc(OC)c1OC.Cl. The minimum Gasteiger partial charge on any atom is -0.493 e. The van der Waals surface area contributed by atoms with Gasteiger partial charge in [0, 0.05) is 25.7 Å². The number of nitrogens with zero attached hydrogens (tertiary/aromatic N) is 1. The van der Waals surface area contributed by atoms with Crippen LogP contribution in [0.4, 0.5) is 0 Å². The van der Waals surface area contributed by atoms with Crippen molar-refractivity contribution >= 4 is 18.3 Å². The molecule has 1 unspecified atom stereocenters. The summed E-state index contributed by atoms with van der Waals surface area (Å²) < 4.78 is 15.9. The van der Waals surface area contributed by atoms with E-state index in [1.54, 1.807) is 21.3 Å². The molecule has 1 N–H and O–H groups in total. The number of benzene rings is 1. The van der Waals surface area contributed by atoms with Gasteiger partial charge in [-0.2, -0.15) is 0 Å². The van der Waals surface area contributed by atoms with Gasteiger partial charge >= 0.3 is 0 Å². The summed E-state index contributed by atoms with van der Waals surface area (Å²) in [5.74, 6) is 1.79. The number of carbonyl (C=O) groups is 1. The normalized spacial score (nSPS) is 17.2. The van der Waals surface area contributed by atoms with Crippen molar-refractivity contribution in [3.8, 4) is 17.2 Å². The van der Waals surface area contributed by atoms with Crippen LogP contribution in [0.5, 0.6) is 17.2 Å². The lowest BCUT2D eigenvalue weighted by atomic mass is 10.1. The minimum atomic E-state index is 0. The van der Waals surface area contributed by atoms with Gasteiger partial charge in [-0.15, -0.1) is 12.4 Å². The van der Waals surface area contributed by atoms with Crippen LogP contribution in [-0.2, 0) is 11.2 Å². The van der Waals surface area contributed by atoms with Gasteiger partial charge in [-0.3, -0.25) is 4.79 Å². The Morgan fingerprint density at radius 2 is 1.83 bits per heavy atom. The molecule has 1 amide bonds. The molecule has 130 valence electrons. The van der Waals surface area contributed by atoms with Crippen LogP contribution < -0.4 is 19.5 Å². The third-order valence-electron chi connectivity index (χ3n) is 3.80. The summed E-state index contributed by atoms with van der Waals surface area (Å²) >= 11 is 0. The number of piperazine rings is 1. The summed E-state index contributed by atoms with van der Waals surface area (Å²) in [7, 11) is 4.70. The zero-order valence-electron chi connectivity index (χ0n) is 14.0. The third-order valence-corrected chi connectivity index (χ3v) is 3.80. The number of methoxy groups -OCH3 is 3. The van der Waals surface area contributed by atoms with Crippen LogP contribution in [0.1, 0.15) is 12.5 Å².